The van der Waals surface area contributed by atoms with E-state index in [1.54, 1.807) is 6.92 Å². The Morgan fingerprint density at radius 1 is 1.73 bits per heavy atom. The summed E-state index contributed by atoms with van der Waals surface area (Å²) in [5.74, 6) is 0.0114. The summed E-state index contributed by atoms with van der Waals surface area (Å²) in [6, 6.07) is 0. The van der Waals surface area contributed by atoms with E-state index in [1.165, 1.54) is 0 Å². The number of carbonyl (C=O) groups excluding carboxylic acids is 1. The minimum Gasteiger partial charge on any atom is -0.364 e. The molecule has 3 nitrogen and oxygen atoms in total. The number of morpholine rings is 1. The van der Waals surface area contributed by atoms with Gasteiger partial charge in [-0.2, -0.15) is 0 Å². The maximum Gasteiger partial charge on any atom is 0.248 e. The van der Waals surface area contributed by atoms with Gasteiger partial charge in [-0.05, 0) is 13.3 Å². The second-order valence-electron chi connectivity index (χ2n) is 2.93. The number of amides is 1. The van der Waals surface area contributed by atoms with Gasteiger partial charge >= 0.3 is 0 Å². The van der Waals surface area contributed by atoms with Crippen LogP contribution in [0.3, 0.4) is 0 Å². The molecule has 1 aliphatic heterocycles. The highest BCUT2D eigenvalue weighted by atomic mass is 16.5. The van der Waals surface area contributed by atoms with Crippen molar-refractivity contribution in [1.29, 1.82) is 0 Å². The molecule has 1 heterocycles. The maximum atomic E-state index is 10.9. The third-order valence-corrected chi connectivity index (χ3v) is 1.88. The Hall–Kier alpha value is -0.570. The Kier molecular flexibility index (Phi) is 2.88. The van der Waals surface area contributed by atoms with Crippen LogP contribution in [0.4, 0.5) is 0 Å². The maximum absolute atomic E-state index is 10.9. The Bertz CT molecular complexity index is 147. The van der Waals surface area contributed by atoms with E-state index < -0.39 is 0 Å². The first-order valence-corrected chi connectivity index (χ1v) is 4.17. The van der Waals surface area contributed by atoms with Crippen molar-refractivity contribution >= 4 is 5.91 Å². The van der Waals surface area contributed by atoms with Gasteiger partial charge in [0.15, 0.2) is 0 Å². The van der Waals surface area contributed by atoms with E-state index >= 15 is 0 Å². The molecule has 0 bridgehead atoms. The molecule has 2 unspecified atom stereocenters. The topological polar surface area (TPSA) is 38.3 Å². The van der Waals surface area contributed by atoms with E-state index in [0.717, 1.165) is 12.8 Å². The van der Waals surface area contributed by atoms with Crippen molar-refractivity contribution in [3.05, 3.63) is 0 Å². The van der Waals surface area contributed by atoms with Gasteiger partial charge in [-0.1, -0.05) is 13.3 Å². The van der Waals surface area contributed by atoms with Crippen molar-refractivity contribution in [1.82, 2.24) is 5.32 Å². The van der Waals surface area contributed by atoms with Gasteiger partial charge in [0.05, 0.1) is 6.10 Å². The zero-order valence-corrected chi connectivity index (χ0v) is 7.09. The zero-order chi connectivity index (χ0) is 8.27. The molecule has 0 saturated carbocycles. The number of hydrogen-bond acceptors (Lipinski definition) is 2. The number of rotatable bonds is 2. The summed E-state index contributed by atoms with van der Waals surface area (Å²) in [6.45, 7) is 4.58. The molecule has 2 atom stereocenters. The van der Waals surface area contributed by atoms with Crippen molar-refractivity contribution in [2.24, 2.45) is 0 Å². The van der Waals surface area contributed by atoms with E-state index in [0.29, 0.717) is 6.54 Å². The van der Waals surface area contributed by atoms with E-state index in [-0.39, 0.29) is 18.1 Å². The quantitative estimate of drug-likeness (QED) is 0.640. The average molecular weight is 157 g/mol. The van der Waals surface area contributed by atoms with Crippen LogP contribution in [0.1, 0.15) is 26.7 Å². The number of nitrogens with one attached hydrogen (secondary N) is 1. The van der Waals surface area contributed by atoms with Crippen molar-refractivity contribution in [2.45, 2.75) is 38.9 Å². The number of carbonyl (C=O) groups is 1. The third-order valence-electron chi connectivity index (χ3n) is 1.88. The van der Waals surface area contributed by atoms with Gasteiger partial charge in [-0.15, -0.1) is 0 Å². The number of hydrogen-bond donors (Lipinski definition) is 1. The Morgan fingerprint density at radius 2 is 2.45 bits per heavy atom. The molecule has 1 amide bonds. The first-order chi connectivity index (χ1) is 5.24. The monoisotopic (exact) mass is 157 g/mol. The molecular formula is C8H15NO2. The molecule has 1 rings (SSSR count). The van der Waals surface area contributed by atoms with Crippen LogP contribution in [-0.4, -0.2) is 24.7 Å². The first-order valence-electron chi connectivity index (χ1n) is 4.17. The van der Waals surface area contributed by atoms with Gasteiger partial charge in [0, 0.05) is 6.54 Å². The van der Waals surface area contributed by atoms with Crippen LogP contribution in [0.15, 0.2) is 0 Å². The fourth-order valence-corrected chi connectivity index (χ4v) is 1.25. The molecule has 1 aliphatic rings. The van der Waals surface area contributed by atoms with Crippen LogP contribution in [0.25, 0.3) is 0 Å². The summed E-state index contributed by atoms with van der Waals surface area (Å²) in [5.41, 5.74) is 0. The average Bonchev–Trinajstić information content (AvgIpc) is 1.98. The van der Waals surface area contributed by atoms with Gasteiger partial charge in [-0.3, -0.25) is 4.79 Å². The lowest BCUT2D eigenvalue weighted by Gasteiger charge is -2.27. The molecule has 1 saturated heterocycles. The Labute approximate surface area is 67.1 Å². The smallest absolute Gasteiger partial charge is 0.248 e. The molecule has 1 N–H and O–H groups in total. The largest absolute Gasteiger partial charge is 0.364 e. The summed E-state index contributed by atoms with van der Waals surface area (Å²) >= 11 is 0. The first kappa shape index (κ1) is 8.53. The fourth-order valence-electron chi connectivity index (χ4n) is 1.25. The molecular weight excluding hydrogens is 142 g/mol. The van der Waals surface area contributed by atoms with Crippen LogP contribution in [0.5, 0.6) is 0 Å². The van der Waals surface area contributed by atoms with Crippen molar-refractivity contribution in [3.8, 4) is 0 Å². The lowest BCUT2D eigenvalue weighted by molar-refractivity contribution is -0.142. The van der Waals surface area contributed by atoms with E-state index in [4.69, 9.17) is 4.74 Å². The van der Waals surface area contributed by atoms with Gasteiger partial charge in [0.1, 0.15) is 6.10 Å². The van der Waals surface area contributed by atoms with E-state index in [9.17, 15) is 4.79 Å². The second kappa shape index (κ2) is 3.72. The van der Waals surface area contributed by atoms with Crippen LogP contribution in [0.2, 0.25) is 0 Å². The van der Waals surface area contributed by atoms with Gasteiger partial charge in [0.2, 0.25) is 5.91 Å². The minimum absolute atomic E-state index is 0.0114. The van der Waals surface area contributed by atoms with E-state index in [1.807, 2.05) is 0 Å². The molecule has 1 fully saturated rings. The molecule has 3 heteroatoms. The summed E-state index contributed by atoms with van der Waals surface area (Å²) < 4.78 is 5.43. The van der Waals surface area contributed by atoms with Gasteiger partial charge in [0.25, 0.3) is 0 Å². The minimum atomic E-state index is -0.264. The Morgan fingerprint density at radius 3 is 3.00 bits per heavy atom. The van der Waals surface area contributed by atoms with Crippen molar-refractivity contribution < 1.29 is 9.53 Å². The van der Waals surface area contributed by atoms with Crippen LogP contribution < -0.4 is 5.32 Å². The van der Waals surface area contributed by atoms with Crippen molar-refractivity contribution in [2.75, 3.05) is 6.54 Å². The number of ether oxygens (including phenoxy) is 1. The lowest BCUT2D eigenvalue weighted by atomic mass is 10.1. The van der Waals surface area contributed by atoms with Crippen LogP contribution >= 0.6 is 0 Å². The summed E-state index contributed by atoms with van der Waals surface area (Å²) in [7, 11) is 0. The highest BCUT2D eigenvalue weighted by Gasteiger charge is 2.24. The molecule has 64 valence electrons. The molecule has 0 aromatic heterocycles. The highest BCUT2D eigenvalue weighted by Crippen LogP contribution is 2.08. The predicted molar refractivity (Wildman–Crippen MR) is 42.3 cm³/mol. The molecule has 0 radical (unpaired) electrons. The van der Waals surface area contributed by atoms with Gasteiger partial charge in [-0.25, -0.2) is 0 Å². The normalized spacial score (nSPS) is 31.6. The standard InChI is InChI=1S/C8H15NO2/c1-3-4-7-5-9-8(10)6(2)11-7/h6-7H,3-5H2,1-2H3,(H,9,10). The molecule has 0 spiro atoms. The predicted octanol–water partition coefficient (Wildman–Crippen LogP) is 0.690. The molecule has 11 heavy (non-hydrogen) atoms. The van der Waals surface area contributed by atoms with Crippen LogP contribution in [0, 0.1) is 0 Å². The molecule has 0 aromatic rings. The molecule has 0 aliphatic carbocycles. The lowest BCUT2D eigenvalue weighted by Crippen LogP contribution is -2.47. The molecule has 0 aromatic carbocycles. The zero-order valence-electron chi connectivity index (χ0n) is 7.09. The Balaban J connectivity index is 2.33. The summed E-state index contributed by atoms with van der Waals surface area (Å²) in [5, 5.41) is 2.80. The second-order valence-corrected chi connectivity index (χ2v) is 2.93. The SMILES string of the molecule is CCCC1CNC(=O)C(C)O1. The van der Waals surface area contributed by atoms with E-state index in [2.05, 4.69) is 12.2 Å². The summed E-state index contributed by atoms with van der Waals surface area (Å²) in [4.78, 5) is 10.9. The van der Waals surface area contributed by atoms with Crippen molar-refractivity contribution in [3.63, 3.8) is 0 Å². The van der Waals surface area contributed by atoms with Crippen LogP contribution in [-0.2, 0) is 9.53 Å². The third kappa shape index (κ3) is 2.19. The summed E-state index contributed by atoms with van der Waals surface area (Å²) in [6.07, 6.45) is 2.10. The van der Waals surface area contributed by atoms with Gasteiger partial charge < -0.3 is 10.1 Å². The fraction of sp³-hybridized carbons (Fsp3) is 0.875. The highest BCUT2D eigenvalue weighted by molar-refractivity contribution is 5.80.